The molecule has 6 N–H and O–H groups in total. The minimum atomic E-state index is 0.147. The lowest BCUT2D eigenvalue weighted by Gasteiger charge is -2.08. The largest absolute Gasteiger partial charge is 0.391 e. The Bertz CT molecular complexity index is 1370. The molecule has 0 aliphatic carbocycles. The average molecular weight is 633 g/mol. The molecule has 8 heteroatoms. The molecule has 3 rings (SSSR count). The first-order valence-electron chi connectivity index (χ1n) is 15.2. The van der Waals surface area contributed by atoms with Crippen molar-refractivity contribution < 1.29 is 20.1 Å². The van der Waals surface area contributed by atoms with E-state index in [2.05, 4.69) is 109 Å². The fourth-order valence-electron chi connectivity index (χ4n) is 4.44. The van der Waals surface area contributed by atoms with Gasteiger partial charge in [-0.3, -0.25) is 0 Å². The highest BCUT2D eigenvalue weighted by Crippen LogP contribution is 2.22. The summed E-state index contributed by atoms with van der Waals surface area (Å²) in [6.07, 6.45) is 14.6. The van der Waals surface area contributed by atoms with E-state index in [0.29, 0.717) is 13.1 Å². The number of nitrogens with two attached hydrogens (primary N) is 1. The molecule has 0 saturated carbocycles. The molecule has 0 saturated heterocycles. The topological polar surface area (TPSA) is 85.0 Å². The van der Waals surface area contributed by atoms with E-state index in [9.17, 15) is 0 Å². The molecule has 0 bridgehead atoms. The highest BCUT2D eigenvalue weighted by atomic mass is 33.1. The summed E-state index contributed by atoms with van der Waals surface area (Å²) in [7, 11) is 3.80. The predicted molar refractivity (Wildman–Crippen MR) is 192 cm³/mol. The molecule has 0 unspecified atom stereocenters. The molecule has 1 aromatic heterocycles. The zero-order chi connectivity index (χ0) is 31.4. The maximum atomic E-state index is 9.08. The molecule has 1 heterocycles. The summed E-state index contributed by atoms with van der Waals surface area (Å²) in [4.78, 5) is 0. The van der Waals surface area contributed by atoms with Gasteiger partial charge in [0.2, 0.25) is 0 Å². The molecule has 0 aliphatic heterocycles. The number of nitrogens with one attached hydrogen (secondary N) is 2. The predicted octanol–water partition coefficient (Wildman–Crippen LogP) is 5.85. The third kappa shape index (κ3) is 13.2. The molecule has 6 nitrogen and oxygen atoms in total. The summed E-state index contributed by atoms with van der Waals surface area (Å²) < 4.78 is 1.98. The van der Waals surface area contributed by atoms with Gasteiger partial charge in [0, 0.05) is 48.1 Å². The molecule has 234 valence electrons. The van der Waals surface area contributed by atoms with Gasteiger partial charge in [-0.25, -0.2) is 4.57 Å². The van der Waals surface area contributed by atoms with Gasteiger partial charge in [0.25, 0.3) is 0 Å². The van der Waals surface area contributed by atoms with E-state index in [1.807, 2.05) is 57.0 Å². The van der Waals surface area contributed by atoms with Crippen molar-refractivity contribution in [3.8, 4) is 0 Å². The van der Waals surface area contributed by atoms with Crippen molar-refractivity contribution in [3.05, 3.63) is 119 Å². The van der Waals surface area contributed by atoms with Crippen LogP contribution in [-0.4, -0.2) is 54.6 Å². The van der Waals surface area contributed by atoms with Gasteiger partial charge in [-0.2, -0.15) is 0 Å². The monoisotopic (exact) mass is 632 g/mol. The molecule has 0 atom stereocenters. The number of aliphatic hydroxyl groups excluding tert-OH is 2. The Morgan fingerprint density at radius 2 is 1.36 bits per heavy atom. The normalized spacial score (nSPS) is 12.6. The van der Waals surface area contributed by atoms with Crippen LogP contribution in [0.4, 0.5) is 11.4 Å². The lowest BCUT2D eigenvalue weighted by atomic mass is 10.0. The summed E-state index contributed by atoms with van der Waals surface area (Å²) in [6.45, 7) is 9.78. The van der Waals surface area contributed by atoms with E-state index in [-0.39, 0.29) is 13.2 Å². The van der Waals surface area contributed by atoms with E-state index in [1.165, 1.54) is 33.4 Å². The van der Waals surface area contributed by atoms with Gasteiger partial charge in [-0.05, 0) is 84.5 Å². The quantitative estimate of drug-likeness (QED) is 0.0494. The Hall–Kier alpha value is -3.27. The standard InChI is InChI=1S/C36H46N4O2S2/c1-4-33(13-16-37-17-23-41)29(2)27-31-5-9-35(10-6-31)38-18-25-43-44-26-19-39-36-11-7-32(8-12-36)28-30(3)34-14-20-40(21-15-34)22-24-42/h4-16,20-21,27-28,37-38,41-42H,17-19,22-26H2,1-3H3/p+2/b16-13-,29-27+,33-4+. The summed E-state index contributed by atoms with van der Waals surface area (Å²) in [5.74, 6) is 2.08. The Morgan fingerprint density at radius 3 is 1.89 bits per heavy atom. The first kappa shape index (κ1) is 35.2. The lowest BCUT2D eigenvalue weighted by Crippen LogP contribution is -2.79. The Balaban J connectivity index is 1.30. The lowest BCUT2D eigenvalue weighted by molar-refractivity contribution is -0.698. The van der Waals surface area contributed by atoms with Gasteiger partial charge in [0.05, 0.1) is 12.8 Å². The van der Waals surface area contributed by atoms with Gasteiger partial charge >= 0.3 is 0 Å². The van der Waals surface area contributed by atoms with E-state index < -0.39 is 0 Å². The number of aliphatic hydroxyl groups is 2. The fourth-order valence-corrected chi connectivity index (χ4v) is 6.25. The van der Waals surface area contributed by atoms with Gasteiger partial charge in [-0.1, -0.05) is 64.1 Å². The highest BCUT2D eigenvalue weighted by molar-refractivity contribution is 8.76. The van der Waals surface area contributed by atoms with E-state index in [1.54, 1.807) is 0 Å². The SMILES string of the molecule is C/C=C(\C=C/[NH2+]CCO)C(/C)=C/c1ccc(NCCSSCCNc2ccc(/C=C(\C)c3cc[n+](CCO)cc3)cc2)cc1. The molecular formula is C36H48N4O2S2+2. The number of nitrogens with zero attached hydrogens (tertiary/aromatic N) is 1. The van der Waals surface area contributed by atoms with Crippen LogP contribution in [0.1, 0.15) is 37.5 Å². The minimum absolute atomic E-state index is 0.147. The number of rotatable bonds is 19. The van der Waals surface area contributed by atoms with Gasteiger partial charge in [0.1, 0.15) is 13.2 Å². The summed E-state index contributed by atoms with van der Waals surface area (Å²) in [6, 6.07) is 21.3. The van der Waals surface area contributed by atoms with E-state index in [0.717, 1.165) is 36.0 Å². The highest BCUT2D eigenvalue weighted by Gasteiger charge is 2.03. The second-order valence-corrected chi connectivity index (χ2v) is 13.0. The van der Waals surface area contributed by atoms with Crippen LogP contribution in [0.3, 0.4) is 0 Å². The van der Waals surface area contributed by atoms with Crippen LogP contribution in [0.2, 0.25) is 0 Å². The Kier molecular flexibility index (Phi) is 16.5. The first-order chi connectivity index (χ1) is 21.5. The second-order valence-electron chi connectivity index (χ2n) is 10.3. The minimum Gasteiger partial charge on any atom is -0.391 e. The maximum Gasteiger partial charge on any atom is 0.171 e. The average Bonchev–Trinajstić information content (AvgIpc) is 3.04. The number of allylic oxidation sites excluding steroid dienone is 5. The molecule has 0 fully saturated rings. The van der Waals surface area contributed by atoms with Crippen LogP contribution >= 0.6 is 21.6 Å². The third-order valence-corrected chi connectivity index (χ3v) is 9.29. The van der Waals surface area contributed by atoms with Gasteiger partial charge in [-0.15, -0.1) is 0 Å². The first-order valence-corrected chi connectivity index (χ1v) is 17.7. The zero-order valence-corrected chi connectivity index (χ0v) is 27.8. The maximum absolute atomic E-state index is 9.08. The Morgan fingerprint density at radius 1 is 0.795 bits per heavy atom. The van der Waals surface area contributed by atoms with Crippen molar-refractivity contribution in [2.75, 3.05) is 55.0 Å². The van der Waals surface area contributed by atoms with Crippen molar-refractivity contribution in [1.82, 2.24) is 0 Å². The summed E-state index contributed by atoms with van der Waals surface area (Å²) in [5, 5.41) is 27.0. The van der Waals surface area contributed by atoms with E-state index in [4.69, 9.17) is 10.2 Å². The number of anilines is 2. The van der Waals surface area contributed by atoms with Crippen molar-refractivity contribution >= 4 is 50.7 Å². The number of hydrogen-bond acceptors (Lipinski definition) is 6. The van der Waals surface area contributed by atoms with Crippen molar-refractivity contribution in [3.63, 3.8) is 0 Å². The number of pyridine rings is 1. The molecular weight excluding hydrogens is 585 g/mol. The summed E-state index contributed by atoms with van der Waals surface area (Å²) >= 11 is 0. The smallest absolute Gasteiger partial charge is 0.171 e. The van der Waals surface area contributed by atoms with Crippen LogP contribution in [-0.2, 0) is 6.54 Å². The molecule has 2 aromatic carbocycles. The number of aromatic nitrogens is 1. The molecule has 44 heavy (non-hydrogen) atoms. The van der Waals surface area contributed by atoms with Crippen LogP contribution in [0, 0.1) is 0 Å². The molecule has 0 spiro atoms. The molecule has 0 amide bonds. The van der Waals surface area contributed by atoms with Crippen molar-refractivity contribution in [1.29, 1.82) is 0 Å². The Labute approximate surface area is 271 Å². The molecule has 0 aliphatic rings. The second kappa shape index (κ2) is 20.6. The van der Waals surface area contributed by atoms with Gasteiger partial charge in [0.15, 0.2) is 18.9 Å². The van der Waals surface area contributed by atoms with Crippen molar-refractivity contribution in [2.24, 2.45) is 0 Å². The number of quaternary nitrogens is 1. The van der Waals surface area contributed by atoms with Crippen molar-refractivity contribution in [2.45, 2.75) is 27.3 Å². The number of hydrogen-bond donors (Lipinski definition) is 5. The summed E-state index contributed by atoms with van der Waals surface area (Å²) in [5.41, 5.74) is 9.42. The van der Waals surface area contributed by atoms with Crippen LogP contribution in [0.25, 0.3) is 17.7 Å². The zero-order valence-electron chi connectivity index (χ0n) is 26.2. The molecule has 0 radical (unpaired) electrons. The van der Waals surface area contributed by atoms with Crippen LogP contribution in [0.5, 0.6) is 0 Å². The molecule has 3 aromatic rings. The number of benzene rings is 2. The van der Waals surface area contributed by atoms with Crippen LogP contribution in [0.15, 0.2) is 103 Å². The fraction of sp³-hybridized carbons (Fsp3) is 0.306. The van der Waals surface area contributed by atoms with Crippen LogP contribution < -0.4 is 20.5 Å². The third-order valence-electron chi connectivity index (χ3n) is 6.88. The van der Waals surface area contributed by atoms with E-state index >= 15 is 0 Å². The van der Waals surface area contributed by atoms with Gasteiger partial charge < -0.3 is 26.2 Å².